The van der Waals surface area contributed by atoms with Gasteiger partial charge in [0, 0.05) is 11.1 Å². The van der Waals surface area contributed by atoms with Gasteiger partial charge in [0.1, 0.15) is 0 Å². The number of aromatic nitrogens is 2. The van der Waals surface area contributed by atoms with Gasteiger partial charge in [0.25, 0.3) is 0 Å². The summed E-state index contributed by atoms with van der Waals surface area (Å²) in [4.78, 5) is 11.1. The zero-order chi connectivity index (χ0) is 20.8. The number of benzene rings is 2. The maximum Gasteiger partial charge on any atom is 0.335 e. The fourth-order valence-corrected chi connectivity index (χ4v) is 4.22. The molecule has 148 valence electrons. The van der Waals surface area contributed by atoms with Crippen molar-refractivity contribution in [1.29, 1.82) is 0 Å². The van der Waals surface area contributed by atoms with Crippen LogP contribution in [0, 0.1) is 0 Å². The van der Waals surface area contributed by atoms with E-state index in [1.54, 1.807) is 18.3 Å². The second kappa shape index (κ2) is 6.80. The Morgan fingerprint density at radius 2 is 1.45 bits per heavy atom. The lowest BCUT2D eigenvalue weighted by Gasteiger charge is -2.42. The lowest BCUT2D eigenvalue weighted by molar-refractivity contribution is 0.0697. The molecule has 1 aliphatic carbocycles. The largest absolute Gasteiger partial charge is 0.478 e. The highest BCUT2D eigenvalue weighted by Crippen LogP contribution is 2.46. The van der Waals surface area contributed by atoms with Crippen molar-refractivity contribution in [2.45, 2.75) is 51.4 Å². The molecule has 0 saturated heterocycles. The predicted octanol–water partition coefficient (Wildman–Crippen LogP) is 5.86. The molecule has 0 unspecified atom stereocenters. The maximum atomic E-state index is 11.1. The summed E-state index contributed by atoms with van der Waals surface area (Å²) < 4.78 is 0. The Labute approximate surface area is 171 Å². The molecule has 3 aromatic rings. The van der Waals surface area contributed by atoms with Gasteiger partial charge in [-0.2, -0.15) is 10.2 Å². The predicted molar refractivity (Wildman–Crippen MR) is 115 cm³/mol. The zero-order valence-electron chi connectivity index (χ0n) is 17.4. The summed E-state index contributed by atoms with van der Waals surface area (Å²) in [6.07, 6.45) is 4.07. The monoisotopic (exact) mass is 386 g/mol. The van der Waals surface area contributed by atoms with Gasteiger partial charge in [0.2, 0.25) is 0 Å². The standard InChI is InChI=1S/C25H26N2O2/c1-24(2)11-12-25(3,4)21-13-18(9-10-20(21)24)22-14-19(15-26-27-22)16-5-7-17(8-6-16)23(28)29/h5-10,13-15H,11-12H2,1-4H3,(H,28,29). The number of nitrogens with zero attached hydrogens (tertiary/aromatic N) is 2. The zero-order valence-corrected chi connectivity index (χ0v) is 17.4. The van der Waals surface area contributed by atoms with Crippen LogP contribution in [-0.2, 0) is 10.8 Å². The second-order valence-electron chi connectivity index (χ2n) is 9.24. The van der Waals surface area contributed by atoms with Gasteiger partial charge in [-0.05, 0) is 64.6 Å². The second-order valence-corrected chi connectivity index (χ2v) is 9.24. The van der Waals surface area contributed by atoms with Crippen molar-refractivity contribution in [2.24, 2.45) is 0 Å². The van der Waals surface area contributed by atoms with Crippen molar-refractivity contribution in [2.75, 3.05) is 0 Å². The van der Waals surface area contributed by atoms with Gasteiger partial charge < -0.3 is 5.11 Å². The van der Waals surface area contributed by atoms with Crippen molar-refractivity contribution >= 4 is 5.97 Å². The Hall–Kier alpha value is -3.01. The average Bonchev–Trinajstić information content (AvgIpc) is 2.71. The molecule has 1 aromatic heterocycles. The fourth-order valence-electron chi connectivity index (χ4n) is 4.22. The van der Waals surface area contributed by atoms with Crippen molar-refractivity contribution in [3.05, 3.63) is 71.4 Å². The number of rotatable bonds is 3. The lowest BCUT2D eigenvalue weighted by Crippen LogP contribution is -2.33. The molecule has 29 heavy (non-hydrogen) atoms. The molecule has 0 radical (unpaired) electrons. The molecular formula is C25H26N2O2. The molecule has 0 bridgehead atoms. The molecule has 0 saturated carbocycles. The van der Waals surface area contributed by atoms with Crippen molar-refractivity contribution < 1.29 is 9.90 Å². The van der Waals surface area contributed by atoms with E-state index in [0.29, 0.717) is 0 Å². The minimum atomic E-state index is -0.926. The molecule has 0 atom stereocenters. The van der Waals surface area contributed by atoms with Crippen molar-refractivity contribution in [1.82, 2.24) is 10.2 Å². The molecule has 1 N–H and O–H groups in total. The number of hydrogen-bond donors (Lipinski definition) is 1. The van der Waals surface area contributed by atoms with Gasteiger partial charge in [-0.3, -0.25) is 0 Å². The first kappa shape index (κ1) is 19.3. The third kappa shape index (κ3) is 3.55. The molecule has 0 amide bonds. The quantitative estimate of drug-likeness (QED) is 0.612. The minimum absolute atomic E-state index is 0.137. The molecule has 0 spiro atoms. The molecule has 4 heteroatoms. The third-order valence-corrected chi connectivity index (χ3v) is 6.27. The first-order chi connectivity index (χ1) is 13.7. The average molecular weight is 386 g/mol. The molecule has 1 heterocycles. The Kier molecular flexibility index (Phi) is 4.53. The van der Waals surface area contributed by atoms with E-state index in [4.69, 9.17) is 5.11 Å². The van der Waals surface area contributed by atoms with Gasteiger partial charge in [0.05, 0.1) is 17.5 Å². The van der Waals surface area contributed by atoms with Crippen LogP contribution in [-0.4, -0.2) is 21.3 Å². The lowest BCUT2D eigenvalue weighted by atomic mass is 9.63. The van der Waals surface area contributed by atoms with E-state index in [0.717, 1.165) is 28.8 Å². The van der Waals surface area contributed by atoms with E-state index >= 15 is 0 Å². The summed E-state index contributed by atoms with van der Waals surface area (Å²) in [5.41, 5.74) is 7.14. The summed E-state index contributed by atoms with van der Waals surface area (Å²) in [7, 11) is 0. The molecule has 4 rings (SSSR count). The summed E-state index contributed by atoms with van der Waals surface area (Å²) in [5.74, 6) is -0.926. The van der Waals surface area contributed by atoms with Crippen LogP contribution in [0.1, 0.15) is 62.0 Å². The van der Waals surface area contributed by atoms with Crippen LogP contribution in [0.15, 0.2) is 54.7 Å². The molecule has 0 aliphatic heterocycles. The number of fused-ring (bicyclic) bond motifs is 1. The molecule has 1 aliphatic rings. The number of carbonyl (C=O) groups is 1. The van der Waals surface area contributed by atoms with Crippen LogP contribution in [0.3, 0.4) is 0 Å². The number of hydrogen-bond acceptors (Lipinski definition) is 3. The summed E-state index contributed by atoms with van der Waals surface area (Å²) in [6, 6.07) is 15.5. The van der Waals surface area contributed by atoms with Crippen LogP contribution >= 0.6 is 0 Å². The highest BCUT2D eigenvalue weighted by atomic mass is 16.4. The van der Waals surface area contributed by atoms with Crippen LogP contribution in [0.2, 0.25) is 0 Å². The molecule has 2 aromatic carbocycles. The van der Waals surface area contributed by atoms with E-state index in [1.165, 1.54) is 17.5 Å². The highest BCUT2D eigenvalue weighted by Gasteiger charge is 2.37. The molecule has 4 nitrogen and oxygen atoms in total. The first-order valence-corrected chi connectivity index (χ1v) is 9.99. The summed E-state index contributed by atoms with van der Waals surface area (Å²) in [6.45, 7) is 9.28. The van der Waals surface area contributed by atoms with Gasteiger partial charge in [0.15, 0.2) is 0 Å². The smallest absolute Gasteiger partial charge is 0.335 e. The summed E-state index contributed by atoms with van der Waals surface area (Å²) >= 11 is 0. The Morgan fingerprint density at radius 3 is 2.10 bits per heavy atom. The minimum Gasteiger partial charge on any atom is -0.478 e. The summed E-state index contributed by atoms with van der Waals surface area (Å²) in [5, 5.41) is 17.7. The Morgan fingerprint density at radius 1 is 0.828 bits per heavy atom. The van der Waals surface area contributed by atoms with Crippen LogP contribution in [0.5, 0.6) is 0 Å². The fraction of sp³-hybridized carbons (Fsp3) is 0.320. The van der Waals surface area contributed by atoms with Gasteiger partial charge in [-0.25, -0.2) is 4.79 Å². The first-order valence-electron chi connectivity index (χ1n) is 9.99. The number of carboxylic acids is 1. The number of carboxylic acid groups (broad SMARTS) is 1. The molecule has 0 fully saturated rings. The third-order valence-electron chi connectivity index (χ3n) is 6.27. The van der Waals surface area contributed by atoms with Crippen LogP contribution in [0.4, 0.5) is 0 Å². The van der Waals surface area contributed by atoms with E-state index in [-0.39, 0.29) is 16.4 Å². The van der Waals surface area contributed by atoms with Gasteiger partial charge >= 0.3 is 5.97 Å². The van der Waals surface area contributed by atoms with Crippen LogP contribution in [0.25, 0.3) is 22.4 Å². The van der Waals surface area contributed by atoms with Crippen molar-refractivity contribution in [3.8, 4) is 22.4 Å². The topological polar surface area (TPSA) is 63.1 Å². The van der Waals surface area contributed by atoms with Gasteiger partial charge in [-0.15, -0.1) is 0 Å². The highest BCUT2D eigenvalue weighted by molar-refractivity contribution is 5.88. The molecular weight excluding hydrogens is 360 g/mol. The Bertz CT molecular complexity index is 1080. The van der Waals surface area contributed by atoms with E-state index in [1.807, 2.05) is 18.2 Å². The van der Waals surface area contributed by atoms with Gasteiger partial charge in [-0.1, -0.05) is 52.0 Å². The van der Waals surface area contributed by atoms with E-state index in [9.17, 15) is 4.79 Å². The Balaban J connectivity index is 1.75. The maximum absolute atomic E-state index is 11.1. The van der Waals surface area contributed by atoms with E-state index < -0.39 is 5.97 Å². The van der Waals surface area contributed by atoms with E-state index in [2.05, 4.69) is 56.1 Å². The van der Waals surface area contributed by atoms with Crippen LogP contribution < -0.4 is 0 Å². The SMILES string of the molecule is CC1(C)CCC(C)(C)c2cc(-c3cc(-c4ccc(C(=O)O)cc4)cnn3)ccc21. The normalized spacial score (nSPS) is 16.8. The van der Waals surface area contributed by atoms with Crippen molar-refractivity contribution in [3.63, 3.8) is 0 Å². The number of aromatic carboxylic acids is 1.